The molecule has 1 aliphatic rings. The van der Waals surface area contributed by atoms with E-state index >= 15 is 0 Å². The average Bonchev–Trinajstić information content (AvgIpc) is 3.61. The van der Waals surface area contributed by atoms with E-state index in [0.717, 1.165) is 18.6 Å². The van der Waals surface area contributed by atoms with E-state index in [-0.39, 0.29) is 6.04 Å². The molecule has 0 saturated carbocycles. The second kappa shape index (κ2) is 8.06. The van der Waals surface area contributed by atoms with Crippen molar-refractivity contribution in [1.29, 1.82) is 5.26 Å². The molecule has 0 bridgehead atoms. The second-order valence-electron chi connectivity index (χ2n) is 8.28. The van der Waals surface area contributed by atoms with E-state index < -0.39 is 11.6 Å². The van der Waals surface area contributed by atoms with Gasteiger partial charge in [-0.05, 0) is 43.2 Å². The molecule has 1 fully saturated rings. The number of oxazole rings is 1. The van der Waals surface area contributed by atoms with E-state index in [2.05, 4.69) is 16.2 Å². The molecule has 0 unspecified atom stereocenters. The Balaban J connectivity index is 1.42. The fourth-order valence-electron chi connectivity index (χ4n) is 4.63. The molecule has 0 spiro atoms. The van der Waals surface area contributed by atoms with Crippen molar-refractivity contribution in [3.63, 3.8) is 0 Å². The van der Waals surface area contributed by atoms with Crippen LogP contribution >= 0.6 is 0 Å². The standard InChI is InChI=1S/C25H18F2N6O2/c1-34-21-11-22-19(9-14(21)12-28)30-25(35-22)17-13-29-33-8-6-23(31-24(17)33)32-7-2-3-20(32)16-10-15(26)4-5-18(16)27/h4-6,8-11,13,20H,2-3,7H2,1H3/t20-/m1/s1. The lowest BCUT2D eigenvalue weighted by Crippen LogP contribution is -2.24. The van der Waals surface area contributed by atoms with Crippen molar-refractivity contribution in [1.82, 2.24) is 19.6 Å². The number of hydrogen-bond acceptors (Lipinski definition) is 7. The van der Waals surface area contributed by atoms with Gasteiger partial charge in [0.2, 0.25) is 5.89 Å². The van der Waals surface area contributed by atoms with Crippen LogP contribution in [0.2, 0.25) is 0 Å². The first kappa shape index (κ1) is 21.0. The van der Waals surface area contributed by atoms with Crippen LogP contribution in [-0.2, 0) is 0 Å². The number of rotatable bonds is 4. The van der Waals surface area contributed by atoms with Crippen molar-refractivity contribution in [2.45, 2.75) is 18.9 Å². The van der Waals surface area contributed by atoms with Gasteiger partial charge in [-0.2, -0.15) is 10.4 Å². The highest BCUT2D eigenvalue weighted by atomic mass is 19.1. The Morgan fingerprint density at radius 3 is 2.89 bits per heavy atom. The van der Waals surface area contributed by atoms with Gasteiger partial charge < -0.3 is 14.1 Å². The maximum Gasteiger partial charge on any atom is 0.232 e. The van der Waals surface area contributed by atoms with Crippen LogP contribution < -0.4 is 9.64 Å². The second-order valence-corrected chi connectivity index (χ2v) is 8.28. The molecule has 0 N–H and O–H groups in total. The van der Waals surface area contributed by atoms with Gasteiger partial charge in [0.25, 0.3) is 0 Å². The van der Waals surface area contributed by atoms with Gasteiger partial charge in [0.05, 0.1) is 24.9 Å². The van der Waals surface area contributed by atoms with Crippen molar-refractivity contribution in [3.8, 4) is 23.3 Å². The van der Waals surface area contributed by atoms with Gasteiger partial charge in [0.15, 0.2) is 11.2 Å². The number of hydrogen-bond donors (Lipinski definition) is 0. The normalized spacial score (nSPS) is 15.7. The summed E-state index contributed by atoms with van der Waals surface area (Å²) in [6.07, 6.45) is 4.88. The van der Waals surface area contributed by atoms with Gasteiger partial charge >= 0.3 is 0 Å². The Labute approximate surface area is 198 Å². The van der Waals surface area contributed by atoms with Crippen LogP contribution in [0.25, 0.3) is 28.2 Å². The lowest BCUT2D eigenvalue weighted by Gasteiger charge is -2.26. The summed E-state index contributed by atoms with van der Waals surface area (Å²) in [5, 5.41) is 13.7. The molecule has 5 aromatic rings. The molecule has 174 valence electrons. The summed E-state index contributed by atoms with van der Waals surface area (Å²) in [5.41, 5.74) is 2.71. The third-order valence-electron chi connectivity index (χ3n) is 6.28. The molecule has 3 aromatic heterocycles. The van der Waals surface area contributed by atoms with Crippen molar-refractivity contribution in [3.05, 3.63) is 71.6 Å². The van der Waals surface area contributed by atoms with Crippen molar-refractivity contribution in [2.75, 3.05) is 18.6 Å². The number of halogens is 2. The van der Waals surface area contributed by atoms with E-state index in [1.807, 2.05) is 4.90 Å². The predicted octanol–water partition coefficient (Wildman–Crippen LogP) is 5.04. The summed E-state index contributed by atoms with van der Waals surface area (Å²) >= 11 is 0. The van der Waals surface area contributed by atoms with Gasteiger partial charge in [0, 0.05) is 24.4 Å². The van der Waals surface area contributed by atoms with Crippen LogP contribution in [0.1, 0.15) is 30.0 Å². The molecule has 8 nitrogen and oxygen atoms in total. The van der Waals surface area contributed by atoms with E-state index in [0.29, 0.717) is 63.9 Å². The number of methoxy groups -OCH3 is 1. The van der Waals surface area contributed by atoms with E-state index in [4.69, 9.17) is 14.1 Å². The first-order chi connectivity index (χ1) is 17.1. The highest BCUT2D eigenvalue weighted by Gasteiger charge is 2.30. The summed E-state index contributed by atoms with van der Waals surface area (Å²) in [6.45, 7) is 0.660. The highest BCUT2D eigenvalue weighted by Crippen LogP contribution is 2.37. The van der Waals surface area contributed by atoms with Crippen LogP contribution in [0.15, 0.2) is 53.2 Å². The summed E-state index contributed by atoms with van der Waals surface area (Å²) < 4.78 is 41.2. The quantitative estimate of drug-likeness (QED) is 0.362. The SMILES string of the molecule is COc1cc2oc(-c3cnn4ccc(N5CCC[C@@H]5c5cc(F)ccc5F)nc34)nc2cc1C#N. The van der Waals surface area contributed by atoms with Crippen LogP contribution in [0.3, 0.4) is 0 Å². The van der Waals surface area contributed by atoms with Gasteiger partial charge in [0.1, 0.15) is 40.4 Å². The summed E-state index contributed by atoms with van der Waals surface area (Å²) in [7, 11) is 1.48. The van der Waals surface area contributed by atoms with Crippen molar-refractivity contribution < 1.29 is 17.9 Å². The minimum atomic E-state index is -0.470. The first-order valence-corrected chi connectivity index (χ1v) is 11.0. The van der Waals surface area contributed by atoms with Crippen LogP contribution in [0.4, 0.5) is 14.6 Å². The lowest BCUT2D eigenvalue weighted by molar-refractivity contribution is 0.413. The Morgan fingerprint density at radius 2 is 2.06 bits per heavy atom. The van der Waals surface area contributed by atoms with Crippen LogP contribution in [-0.4, -0.2) is 33.2 Å². The number of benzene rings is 2. The number of ether oxygens (including phenoxy) is 1. The molecule has 10 heteroatoms. The number of anilines is 1. The van der Waals surface area contributed by atoms with Gasteiger partial charge in [-0.1, -0.05) is 0 Å². The molecule has 0 radical (unpaired) electrons. The van der Waals surface area contributed by atoms with Crippen LogP contribution in [0, 0.1) is 23.0 Å². The molecular weight excluding hydrogens is 454 g/mol. The Kier molecular flexibility index (Phi) is 4.84. The first-order valence-electron chi connectivity index (χ1n) is 11.0. The summed E-state index contributed by atoms with van der Waals surface area (Å²) in [5.74, 6) is 0.406. The largest absolute Gasteiger partial charge is 0.495 e. The Morgan fingerprint density at radius 1 is 1.17 bits per heavy atom. The van der Waals surface area contributed by atoms with E-state index in [1.54, 1.807) is 35.1 Å². The minimum Gasteiger partial charge on any atom is -0.495 e. The zero-order valence-electron chi connectivity index (χ0n) is 18.6. The minimum absolute atomic E-state index is 0.297. The fraction of sp³-hybridized carbons (Fsp3) is 0.200. The highest BCUT2D eigenvalue weighted by molar-refractivity contribution is 5.82. The smallest absolute Gasteiger partial charge is 0.232 e. The average molecular weight is 472 g/mol. The molecule has 1 saturated heterocycles. The fourth-order valence-corrected chi connectivity index (χ4v) is 4.63. The third-order valence-corrected chi connectivity index (χ3v) is 6.28. The topological polar surface area (TPSA) is 92.5 Å². The lowest BCUT2D eigenvalue weighted by atomic mass is 10.0. The zero-order valence-corrected chi connectivity index (χ0v) is 18.6. The van der Waals surface area contributed by atoms with Crippen molar-refractivity contribution in [2.24, 2.45) is 0 Å². The molecule has 1 aliphatic heterocycles. The van der Waals surface area contributed by atoms with Gasteiger partial charge in [-0.3, -0.25) is 0 Å². The van der Waals surface area contributed by atoms with Crippen molar-refractivity contribution >= 4 is 22.6 Å². The summed E-state index contributed by atoms with van der Waals surface area (Å²) in [6, 6.07) is 10.3. The zero-order chi connectivity index (χ0) is 24.1. The van der Waals surface area contributed by atoms with Crippen LogP contribution in [0.5, 0.6) is 5.75 Å². The van der Waals surface area contributed by atoms with Gasteiger partial charge in [-0.25, -0.2) is 23.3 Å². The molecule has 1 atom stereocenters. The molecule has 0 amide bonds. The molecule has 2 aromatic carbocycles. The molecule has 0 aliphatic carbocycles. The molecule has 6 rings (SSSR count). The maximum absolute atomic E-state index is 14.5. The molecule has 4 heterocycles. The Hall–Kier alpha value is -4.52. The third kappa shape index (κ3) is 3.44. The van der Waals surface area contributed by atoms with Gasteiger partial charge in [-0.15, -0.1) is 0 Å². The Bertz CT molecular complexity index is 1640. The monoisotopic (exact) mass is 472 g/mol. The number of fused-ring (bicyclic) bond motifs is 2. The molecule has 35 heavy (non-hydrogen) atoms. The number of aromatic nitrogens is 4. The predicted molar refractivity (Wildman–Crippen MR) is 123 cm³/mol. The number of nitrogens with zero attached hydrogens (tertiary/aromatic N) is 6. The molecular formula is C25H18F2N6O2. The number of nitriles is 1. The summed E-state index contributed by atoms with van der Waals surface area (Å²) in [4.78, 5) is 11.3. The van der Waals surface area contributed by atoms with E-state index in [9.17, 15) is 14.0 Å². The van der Waals surface area contributed by atoms with E-state index in [1.165, 1.54) is 13.2 Å². The maximum atomic E-state index is 14.5.